The maximum absolute atomic E-state index is 9.08. The average molecular weight is 856 g/mol. The molecule has 16 nitrogen and oxygen atoms in total. The molecule has 17 heteroatoms. The number of methoxy groups -OCH3 is 2. The quantitative estimate of drug-likeness (QED) is 0.0684. The van der Waals surface area contributed by atoms with Crippen LogP contribution in [0.2, 0.25) is 0 Å². The van der Waals surface area contributed by atoms with Gasteiger partial charge in [-0.15, -0.1) is 0 Å². The van der Waals surface area contributed by atoms with Crippen LogP contribution in [0.4, 0.5) is 34.9 Å². The largest absolute Gasteiger partial charge is 0.493 e. The minimum atomic E-state index is 0.200. The molecule has 2 aromatic carbocycles. The number of aryl methyl sites for hydroxylation is 2. The molecule has 0 radical (unpaired) electrons. The summed E-state index contributed by atoms with van der Waals surface area (Å²) in [5.74, 6) is 6.41. The fraction of sp³-hybridized carbons (Fsp3) is 0.500. The van der Waals surface area contributed by atoms with E-state index in [1.165, 1.54) is 0 Å². The third-order valence-electron chi connectivity index (χ3n) is 9.04. The van der Waals surface area contributed by atoms with Crippen molar-refractivity contribution in [2.75, 3.05) is 114 Å². The van der Waals surface area contributed by atoms with E-state index in [2.05, 4.69) is 67.3 Å². The first-order valence-electron chi connectivity index (χ1n) is 19.1. The van der Waals surface area contributed by atoms with Gasteiger partial charge in [-0.1, -0.05) is 15.9 Å². The Hall–Kier alpha value is -4.68. The van der Waals surface area contributed by atoms with Crippen molar-refractivity contribution in [3.05, 3.63) is 59.9 Å². The second kappa shape index (κ2) is 24.2. The van der Waals surface area contributed by atoms with Gasteiger partial charge in [-0.05, 0) is 64.0 Å². The number of halogens is 1. The Labute approximate surface area is 344 Å². The molecule has 0 aliphatic carbocycles. The summed E-state index contributed by atoms with van der Waals surface area (Å²) in [6, 6.07) is 15.2. The van der Waals surface area contributed by atoms with E-state index in [0.29, 0.717) is 53.8 Å². The maximum atomic E-state index is 9.08. The predicted octanol–water partition coefficient (Wildman–Crippen LogP) is 5.21. The molecular weight excluding hydrogens is 796 g/mol. The van der Waals surface area contributed by atoms with Crippen LogP contribution >= 0.6 is 15.9 Å². The number of nitrogens with one attached hydrogen (secondary N) is 5. The lowest BCUT2D eigenvalue weighted by Gasteiger charge is -2.17. The smallest absolute Gasteiger partial charge is 0.229 e. The van der Waals surface area contributed by atoms with Crippen molar-refractivity contribution in [3.8, 4) is 23.0 Å². The van der Waals surface area contributed by atoms with Gasteiger partial charge in [-0.3, -0.25) is 0 Å². The molecule has 2 atom stereocenters. The third-order valence-corrected chi connectivity index (χ3v) is 9.40. The van der Waals surface area contributed by atoms with E-state index in [-0.39, 0.29) is 13.2 Å². The van der Waals surface area contributed by atoms with E-state index in [0.717, 1.165) is 91.5 Å². The number of likely N-dealkylation sites (tertiary alicyclic amines) is 1. The lowest BCUT2D eigenvalue weighted by molar-refractivity contribution is 0.202. The van der Waals surface area contributed by atoms with Crippen molar-refractivity contribution in [1.82, 2.24) is 30.2 Å². The molecule has 4 aromatic rings. The summed E-state index contributed by atoms with van der Waals surface area (Å²) >= 11 is 3.00. The number of hydrogen-bond donors (Lipinski definition) is 7. The Morgan fingerprint density at radius 3 is 1.70 bits per heavy atom. The maximum Gasteiger partial charge on any atom is 0.229 e. The standard InChI is InChI=1S/C20H29N5O3.C18H25N5O2.C2H5BrO/c1-14-10-19(21-2)24-20(22-14)23-16-4-5-17(27-3)18(11-16)28-13-15-6-7-25(12-15)8-9-26;1-12-8-17(19-2)23-18(21-12)22-14-4-5-15(24-3)16(9-14)25-11-13-6-7-20-10-13;3-1-2-4/h4-5,10-11,15,26H,6-9,12-13H2,1-3H3,(H2,21,22,23,24);4-5,8-9,13,20H,6-7,10-11H2,1-3H3,(H2,19,21,22,23);4H,1-2H2. The summed E-state index contributed by atoms with van der Waals surface area (Å²) in [4.78, 5) is 19.9. The highest BCUT2D eigenvalue weighted by molar-refractivity contribution is 9.09. The van der Waals surface area contributed by atoms with Crippen molar-refractivity contribution < 1.29 is 29.2 Å². The van der Waals surface area contributed by atoms with Gasteiger partial charge in [0.15, 0.2) is 23.0 Å². The zero-order chi connectivity index (χ0) is 41.0. The Balaban J connectivity index is 0.000000232. The summed E-state index contributed by atoms with van der Waals surface area (Å²) < 4.78 is 22.9. The SMILES string of the molecule is CNc1cc(C)nc(Nc2ccc(OC)c(OCC3CCN(CCO)C3)c2)n1.CNc1cc(C)nc(Nc2ccc(OC)c(OCC3CCNC3)c2)n1.OCCBr. The lowest BCUT2D eigenvalue weighted by atomic mass is 10.1. The van der Waals surface area contributed by atoms with Gasteiger partial charge >= 0.3 is 0 Å². The zero-order valence-electron chi connectivity index (χ0n) is 33.9. The normalized spacial score (nSPS) is 16.0. The second-order valence-corrected chi connectivity index (χ2v) is 14.3. The number of aliphatic hydroxyl groups is 2. The molecule has 2 fully saturated rings. The van der Waals surface area contributed by atoms with Gasteiger partial charge in [0, 0.05) is 97.9 Å². The van der Waals surface area contributed by atoms with E-state index >= 15 is 0 Å². The summed E-state index contributed by atoms with van der Waals surface area (Å²) in [7, 11) is 6.95. The van der Waals surface area contributed by atoms with E-state index in [9.17, 15) is 0 Å². The van der Waals surface area contributed by atoms with Crippen LogP contribution in [-0.2, 0) is 0 Å². The number of aliphatic hydroxyl groups excluding tert-OH is 2. The summed E-state index contributed by atoms with van der Waals surface area (Å²) in [5.41, 5.74) is 3.45. The van der Waals surface area contributed by atoms with Crippen molar-refractivity contribution in [1.29, 1.82) is 0 Å². The van der Waals surface area contributed by atoms with Gasteiger partial charge in [-0.2, -0.15) is 9.97 Å². The predicted molar refractivity (Wildman–Crippen MR) is 230 cm³/mol. The van der Waals surface area contributed by atoms with Crippen molar-refractivity contribution >= 4 is 50.8 Å². The summed E-state index contributed by atoms with van der Waals surface area (Å²) in [6.07, 6.45) is 2.22. The molecule has 2 aromatic heterocycles. The van der Waals surface area contributed by atoms with Crippen LogP contribution in [-0.4, -0.2) is 128 Å². The van der Waals surface area contributed by atoms with Crippen molar-refractivity contribution in [2.45, 2.75) is 26.7 Å². The number of alkyl halides is 1. The fourth-order valence-electron chi connectivity index (χ4n) is 6.16. The molecule has 2 aliphatic heterocycles. The molecular formula is C40H59BrN10O6. The number of benzene rings is 2. The third kappa shape index (κ3) is 15.0. The van der Waals surface area contributed by atoms with Crippen molar-refractivity contribution in [2.24, 2.45) is 11.8 Å². The van der Waals surface area contributed by atoms with Gasteiger partial charge in [0.05, 0.1) is 40.6 Å². The molecule has 0 bridgehead atoms. The summed E-state index contributed by atoms with van der Waals surface area (Å²) in [6.45, 7) is 10.3. The molecule has 0 saturated carbocycles. The molecule has 6 rings (SSSR count). The molecule has 7 N–H and O–H groups in total. The summed E-state index contributed by atoms with van der Waals surface area (Å²) in [5, 5.41) is 33.5. The van der Waals surface area contributed by atoms with Gasteiger partial charge in [0.2, 0.25) is 11.9 Å². The number of anilines is 6. The van der Waals surface area contributed by atoms with Crippen LogP contribution in [0.5, 0.6) is 23.0 Å². The first-order chi connectivity index (χ1) is 27.7. The number of β-amino-alcohol motifs (C(OH)–C–C–N with tert-alkyl or cyclic N) is 1. The lowest BCUT2D eigenvalue weighted by Crippen LogP contribution is -2.25. The topological polar surface area (TPSA) is 192 Å². The highest BCUT2D eigenvalue weighted by atomic mass is 79.9. The number of rotatable bonds is 17. The monoisotopic (exact) mass is 854 g/mol. The second-order valence-electron chi connectivity index (χ2n) is 13.5. The van der Waals surface area contributed by atoms with E-state index in [4.69, 9.17) is 29.2 Å². The van der Waals surface area contributed by atoms with Gasteiger partial charge < -0.3 is 60.6 Å². The van der Waals surface area contributed by atoms with Gasteiger partial charge in [-0.25, -0.2) is 9.97 Å². The van der Waals surface area contributed by atoms with Crippen LogP contribution < -0.4 is 45.5 Å². The van der Waals surface area contributed by atoms with E-state index < -0.39 is 0 Å². The number of ether oxygens (including phenoxy) is 4. The van der Waals surface area contributed by atoms with Gasteiger partial charge in [0.25, 0.3) is 0 Å². The molecule has 2 saturated heterocycles. The molecule has 0 amide bonds. The molecule has 57 heavy (non-hydrogen) atoms. The Morgan fingerprint density at radius 1 is 0.737 bits per heavy atom. The van der Waals surface area contributed by atoms with E-state index in [1.54, 1.807) is 14.2 Å². The van der Waals surface area contributed by atoms with E-state index in [1.807, 2.05) is 76.5 Å². The average Bonchev–Trinajstić information content (AvgIpc) is 3.92. The molecule has 2 aliphatic rings. The fourth-order valence-corrected chi connectivity index (χ4v) is 6.16. The number of hydrogen-bond acceptors (Lipinski definition) is 16. The first kappa shape index (κ1) is 45.0. The number of nitrogens with zero attached hydrogens (tertiary/aromatic N) is 5. The zero-order valence-corrected chi connectivity index (χ0v) is 35.5. The Bertz CT molecular complexity index is 1800. The van der Waals surface area contributed by atoms with Crippen LogP contribution in [0.25, 0.3) is 0 Å². The minimum absolute atomic E-state index is 0.200. The molecule has 0 spiro atoms. The number of aromatic nitrogens is 4. The highest BCUT2D eigenvalue weighted by Gasteiger charge is 2.23. The molecule has 2 unspecified atom stereocenters. The molecule has 4 heterocycles. The van der Waals surface area contributed by atoms with Crippen LogP contribution in [0.15, 0.2) is 48.5 Å². The van der Waals surface area contributed by atoms with Crippen LogP contribution in [0, 0.1) is 25.7 Å². The Kier molecular flexibility index (Phi) is 19.1. The van der Waals surface area contributed by atoms with Crippen LogP contribution in [0.3, 0.4) is 0 Å². The van der Waals surface area contributed by atoms with Crippen LogP contribution in [0.1, 0.15) is 24.2 Å². The minimum Gasteiger partial charge on any atom is -0.493 e. The first-order valence-corrected chi connectivity index (χ1v) is 20.3. The van der Waals surface area contributed by atoms with Gasteiger partial charge in [0.1, 0.15) is 11.6 Å². The Morgan fingerprint density at radius 2 is 1.26 bits per heavy atom. The van der Waals surface area contributed by atoms with Crippen molar-refractivity contribution in [3.63, 3.8) is 0 Å². The molecule has 312 valence electrons. The highest BCUT2D eigenvalue weighted by Crippen LogP contribution is 2.33.